The van der Waals surface area contributed by atoms with Gasteiger partial charge >= 0.3 is 0 Å². The summed E-state index contributed by atoms with van der Waals surface area (Å²) >= 11 is 1.92. The molecule has 0 aliphatic carbocycles. The fraction of sp³-hybridized carbons (Fsp3) is 0.526. The Morgan fingerprint density at radius 1 is 1.08 bits per heavy atom. The van der Waals surface area contributed by atoms with Gasteiger partial charge < -0.3 is 9.64 Å². The Kier molecular flexibility index (Phi) is 4.72. The number of hydrogen-bond donors (Lipinski definition) is 0. The van der Waals surface area contributed by atoms with Gasteiger partial charge in [0, 0.05) is 44.0 Å². The fourth-order valence-electron chi connectivity index (χ4n) is 3.58. The zero-order valence-electron chi connectivity index (χ0n) is 14.3. The number of piperidine rings is 1. The van der Waals surface area contributed by atoms with Crippen molar-refractivity contribution in [2.24, 2.45) is 0 Å². The maximum atomic E-state index is 5.24. The zero-order valence-corrected chi connectivity index (χ0v) is 15.1. The van der Waals surface area contributed by atoms with E-state index in [1.54, 1.807) is 7.11 Å². The van der Waals surface area contributed by atoms with Crippen LogP contribution in [0.5, 0.6) is 5.75 Å². The monoisotopic (exact) mass is 343 g/mol. The number of fused-ring (bicyclic) bond motifs is 1. The van der Waals surface area contributed by atoms with E-state index in [9.17, 15) is 0 Å². The van der Waals surface area contributed by atoms with Crippen LogP contribution < -0.4 is 9.64 Å². The van der Waals surface area contributed by atoms with Crippen LogP contribution in [0, 0.1) is 0 Å². The molecule has 0 N–H and O–H groups in total. The molecule has 4 nitrogen and oxygen atoms in total. The third-order valence-electron chi connectivity index (χ3n) is 4.99. The topological polar surface area (TPSA) is 28.6 Å². The third-order valence-corrected chi connectivity index (χ3v) is 6.13. The molecule has 2 aromatic rings. The highest BCUT2D eigenvalue weighted by atomic mass is 32.1. The predicted molar refractivity (Wildman–Crippen MR) is 99.0 cm³/mol. The van der Waals surface area contributed by atoms with Crippen LogP contribution in [-0.2, 0) is 19.5 Å². The Hall–Kier alpha value is -1.59. The van der Waals surface area contributed by atoms with Crippen LogP contribution in [0.15, 0.2) is 24.3 Å². The highest BCUT2D eigenvalue weighted by Gasteiger charge is 2.23. The molecule has 1 aromatic carbocycles. The number of benzene rings is 1. The lowest BCUT2D eigenvalue weighted by Gasteiger charge is -2.26. The number of rotatable bonds is 4. The molecule has 0 spiro atoms. The van der Waals surface area contributed by atoms with E-state index >= 15 is 0 Å². The van der Waals surface area contributed by atoms with Crippen LogP contribution in [0.25, 0.3) is 0 Å². The van der Waals surface area contributed by atoms with Crippen LogP contribution in [-0.4, -0.2) is 36.6 Å². The second-order valence-electron chi connectivity index (χ2n) is 6.72. The fourth-order valence-corrected chi connectivity index (χ4v) is 4.78. The molecule has 0 radical (unpaired) electrons. The first-order chi connectivity index (χ1) is 11.8. The van der Waals surface area contributed by atoms with Crippen molar-refractivity contribution < 1.29 is 4.74 Å². The number of anilines is 1. The average Bonchev–Trinajstić information content (AvgIpc) is 3.06. The van der Waals surface area contributed by atoms with E-state index in [4.69, 9.17) is 9.72 Å². The van der Waals surface area contributed by atoms with Crippen LogP contribution >= 0.6 is 11.3 Å². The summed E-state index contributed by atoms with van der Waals surface area (Å²) in [5.41, 5.74) is 2.69. The standard InChI is InChI=1S/C19H25N3OS/c1-23-16-7-5-15(6-8-16)13-21-12-9-17-18(14-21)24-19(20-17)22-10-3-2-4-11-22/h5-8H,2-4,9-14H2,1H3. The van der Waals surface area contributed by atoms with Gasteiger partial charge in [-0.2, -0.15) is 0 Å². The highest BCUT2D eigenvalue weighted by Crippen LogP contribution is 2.32. The maximum absolute atomic E-state index is 5.24. The average molecular weight is 343 g/mol. The first kappa shape index (κ1) is 15.9. The first-order valence-electron chi connectivity index (χ1n) is 8.90. The minimum Gasteiger partial charge on any atom is -0.497 e. The van der Waals surface area contributed by atoms with Gasteiger partial charge in [-0.05, 0) is 37.0 Å². The van der Waals surface area contributed by atoms with E-state index in [1.807, 2.05) is 23.5 Å². The maximum Gasteiger partial charge on any atom is 0.185 e. The van der Waals surface area contributed by atoms with Gasteiger partial charge in [-0.1, -0.05) is 12.1 Å². The van der Waals surface area contributed by atoms with E-state index in [1.165, 1.54) is 53.6 Å². The molecule has 1 fully saturated rings. The Morgan fingerprint density at radius 2 is 1.88 bits per heavy atom. The van der Waals surface area contributed by atoms with Gasteiger partial charge in [0.05, 0.1) is 12.8 Å². The number of hydrogen-bond acceptors (Lipinski definition) is 5. The van der Waals surface area contributed by atoms with Crippen LogP contribution in [0.1, 0.15) is 35.4 Å². The van der Waals surface area contributed by atoms with Gasteiger partial charge in [-0.15, -0.1) is 11.3 Å². The Balaban J connectivity index is 1.42. The molecule has 0 bridgehead atoms. The lowest BCUT2D eigenvalue weighted by Crippen LogP contribution is -2.29. The summed E-state index contributed by atoms with van der Waals surface area (Å²) in [6.45, 7) is 5.50. The molecule has 1 saturated heterocycles. The van der Waals surface area contributed by atoms with Gasteiger partial charge in [0.15, 0.2) is 5.13 Å². The summed E-state index contributed by atoms with van der Waals surface area (Å²) in [4.78, 5) is 11.4. The first-order valence-corrected chi connectivity index (χ1v) is 9.72. The zero-order chi connectivity index (χ0) is 16.4. The van der Waals surface area contributed by atoms with Gasteiger partial charge in [0.25, 0.3) is 0 Å². The van der Waals surface area contributed by atoms with Crippen LogP contribution in [0.3, 0.4) is 0 Å². The molecular formula is C19H25N3OS. The van der Waals surface area contributed by atoms with E-state index < -0.39 is 0 Å². The van der Waals surface area contributed by atoms with E-state index in [2.05, 4.69) is 21.9 Å². The molecular weight excluding hydrogens is 318 g/mol. The van der Waals surface area contributed by atoms with Crippen molar-refractivity contribution in [1.29, 1.82) is 0 Å². The summed E-state index contributed by atoms with van der Waals surface area (Å²) in [5, 5.41) is 1.26. The number of aromatic nitrogens is 1. The van der Waals surface area contributed by atoms with E-state index in [-0.39, 0.29) is 0 Å². The Morgan fingerprint density at radius 3 is 2.62 bits per heavy atom. The number of methoxy groups -OCH3 is 1. The quantitative estimate of drug-likeness (QED) is 0.846. The molecule has 0 saturated carbocycles. The largest absolute Gasteiger partial charge is 0.497 e. The molecule has 24 heavy (non-hydrogen) atoms. The van der Waals surface area contributed by atoms with Crippen molar-refractivity contribution in [3.8, 4) is 5.75 Å². The summed E-state index contributed by atoms with van der Waals surface area (Å²) in [6.07, 6.45) is 5.08. The van der Waals surface area contributed by atoms with Crippen molar-refractivity contribution in [2.75, 3.05) is 31.6 Å². The van der Waals surface area contributed by atoms with E-state index in [0.29, 0.717) is 0 Å². The van der Waals surface area contributed by atoms with Crippen LogP contribution in [0.2, 0.25) is 0 Å². The Labute approximate surface area is 148 Å². The van der Waals surface area contributed by atoms with Gasteiger partial charge in [-0.3, -0.25) is 4.90 Å². The minimum absolute atomic E-state index is 0.924. The lowest BCUT2D eigenvalue weighted by molar-refractivity contribution is 0.247. The molecule has 5 heteroatoms. The lowest BCUT2D eigenvalue weighted by atomic mass is 10.1. The summed E-state index contributed by atoms with van der Waals surface area (Å²) < 4.78 is 5.24. The van der Waals surface area contributed by atoms with Crippen molar-refractivity contribution in [2.45, 2.75) is 38.8 Å². The van der Waals surface area contributed by atoms with Crippen molar-refractivity contribution in [3.63, 3.8) is 0 Å². The van der Waals surface area contributed by atoms with Crippen molar-refractivity contribution in [1.82, 2.24) is 9.88 Å². The molecule has 0 unspecified atom stereocenters. The SMILES string of the molecule is COc1ccc(CN2CCc3nc(N4CCCCC4)sc3C2)cc1. The molecule has 4 rings (SSSR count). The number of thiazole rings is 1. The van der Waals surface area contributed by atoms with Crippen molar-refractivity contribution in [3.05, 3.63) is 40.4 Å². The molecule has 3 heterocycles. The summed E-state index contributed by atoms with van der Waals surface area (Å²) in [5.74, 6) is 0.924. The van der Waals surface area contributed by atoms with Gasteiger partial charge in [0.2, 0.25) is 0 Å². The molecule has 0 atom stereocenters. The second kappa shape index (κ2) is 7.11. The molecule has 0 amide bonds. The van der Waals surface area contributed by atoms with Crippen molar-refractivity contribution >= 4 is 16.5 Å². The second-order valence-corrected chi connectivity index (χ2v) is 7.78. The molecule has 128 valence electrons. The summed E-state index contributed by atoms with van der Waals surface area (Å²) in [7, 11) is 1.71. The molecule has 2 aliphatic rings. The number of nitrogens with zero attached hydrogens (tertiary/aromatic N) is 3. The Bertz CT molecular complexity index is 676. The smallest absolute Gasteiger partial charge is 0.185 e. The van der Waals surface area contributed by atoms with Crippen LogP contribution in [0.4, 0.5) is 5.13 Å². The predicted octanol–water partition coefficient (Wildman–Crippen LogP) is 3.70. The van der Waals surface area contributed by atoms with Gasteiger partial charge in [-0.25, -0.2) is 4.98 Å². The molecule has 1 aromatic heterocycles. The number of ether oxygens (including phenoxy) is 1. The molecule has 2 aliphatic heterocycles. The highest BCUT2D eigenvalue weighted by molar-refractivity contribution is 7.15. The van der Waals surface area contributed by atoms with Gasteiger partial charge in [0.1, 0.15) is 5.75 Å². The van der Waals surface area contributed by atoms with E-state index in [0.717, 1.165) is 31.8 Å². The normalized spacial score (nSPS) is 18.5. The summed E-state index contributed by atoms with van der Waals surface area (Å²) in [6, 6.07) is 8.43. The third kappa shape index (κ3) is 3.42. The minimum atomic E-state index is 0.924.